The topological polar surface area (TPSA) is 15.3 Å². The van der Waals surface area contributed by atoms with Crippen LogP contribution in [0.5, 0.6) is 0 Å². The van der Waals surface area contributed by atoms with Crippen molar-refractivity contribution in [2.45, 2.75) is 51.1 Å². The lowest BCUT2D eigenvalue weighted by Gasteiger charge is -2.38. The van der Waals surface area contributed by atoms with Crippen molar-refractivity contribution in [3.8, 4) is 0 Å². The number of rotatable bonds is 3. The molecule has 0 aromatic rings. The van der Waals surface area contributed by atoms with Crippen molar-refractivity contribution in [2.24, 2.45) is 0 Å². The minimum atomic E-state index is 0.774. The molecule has 2 saturated heterocycles. The lowest BCUT2D eigenvalue weighted by atomic mass is 9.94. The molecule has 0 aromatic carbocycles. The van der Waals surface area contributed by atoms with Crippen LogP contribution >= 0.6 is 0 Å². The van der Waals surface area contributed by atoms with E-state index in [9.17, 15) is 0 Å². The minimum absolute atomic E-state index is 0.774. The third-order valence-corrected chi connectivity index (χ3v) is 3.80. The first-order chi connectivity index (χ1) is 7.42. The van der Waals surface area contributed by atoms with Gasteiger partial charge < -0.3 is 5.32 Å². The van der Waals surface area contributed by atoms with Crippen LogP contribution in [0.15, 0.2) is 12.2 Å². The van der Waals surface area contributed by atoms with E-state index in [1.54, 1.807) is 0 Å². The van der Waals surface area contributed by atoms with Crippen LogP contribution in [-0.4, -0.2) is 36.6 Å². The fourth-order valence-corrected chi connectivity index (χ4v) is 2.98. The number of hydrogen-bond acceptors (Lipinski definition) is 2. The molecule has 0 saturated carbocycles. The van der Waals surface area contributed by atoms with Crippen molar-refractivity contribution in [1.29, 1.82) is 0 Å². The highest BCUT2D eigenvalue weighted by molar-refractivity contribution is 4.93. The number of hydrogen-bond donors (Lipinski definition) is 1. The van der Waals surface area contributed by atoms with Crippen LogP contribution in [0, 0.1) is 0 Å². The summed E-state index contributed by atoms with van der Waals surface area (Å²) in [6.45, 7) is 5.80. The maximum absolute atomic E-state index is 3.67. The normalized spacial score (nSPS) is 33.9. The summed E-state index contributed by atoms with van der Waals surface area (Å²) in [4.78, 5) is 2.67. The zero-order valence-electron chi connectivity index (χ0n) is 9.91. The van der Waals surface area contributed by atoms with E-state index in [2.05, 4.69) is 29.3 Å². The molecule has 0 spiro atoms. The highest BCUT2D eigenvalue weighted by Crippen LogP contribution is 2.23. The van der Waals surface area contributed by atoms with Gasteiger partial charge in [0.1, 0.15) is 0 Å². The molecule has 2 aliphatic heterocycles. The standard InChI is InChI=1S/C13H24N2/c1-2-3-10-15-11-5-4-8-13(15)12-7-6-9-14-12/h2-3,12-14H,4-11H2,1H3. The summed E-state index contributed by atoms with van der Waals surface area (Å²) >= 11 is 0. The van der Waals surface area contributed by atoms with Gasteiger partial charge in [0.05, 0.1) is 0 Å². The Balaban J connectivity index is 1.92. The SMILES string of the molecule is CC=CCN1CCCCC1C1CCCN1. The second-order valence-corrected chi connectivity index (χ2v) is 4.83. The maximum atomic E-state index is 3.67. The number of allylic oxidation sites excluding steroid dienone is 1. The third kappa shape index (κ3) is 2.82. The van der Waals surface area contributed by atoms with E-state index in [1.807, 2.05) is 0 Å². The van der Waals surface area contributed by atoms with E-state index in [-0.39, 0.29) is 0 Å². The Morgan fingerprint density at radius 1 is 1.27 bits per heavy atom. The first kappa shape index (κ1) is 11.2. The molecule has 86 valence electrons. The summed E-state index contributed by atoms with van der Waals surface area (Å²) in [5.74, 6) is 0. The van der Waals surface area contributed by atoms with Gasteiger partial charge >= 0.3 is 0 Å². The predicted molar refractivity (Wildman–Crippen MR) is 65.1 cm³/mol. The molecule has 2 heteroatoms. The zero-order valence-corrected chi connectivity index (χ0v) is 9.91. The molecule has 2 unspecified atom stereocenters. The Morgan fingerprint density at radius 2 is 2.20 bits per heavy atom. The number of nitrogens with one attached hydrogen (secondary N) is 1. The summed E-state index contributed by atoms with van der Waals surface area (Å²) in [7, 11) is 0. The smallest absolute Gasteiger partial charge is 0.0252 e. The molecule has 2 nitrogen and oxygen atoms in total. The molecule has 1 N–H and O–H groups in total. The van der Waals surface area contributed by atoms with Crippen LogP contribution in [0.1, 0.15) is 39.0 Å². The average Bonchev–Trinajstić information content (AvgIpc) is 2.80. The maximum Gasteiger partial charge on any atom is 0.0252 e. The van der Waals surface area contributed by atoms with Crippen LogP contribution in [0.25, 0.3) is 0 Å². The Bertz CT molecular complexity index is 207. The molecule has 2 aliphatic rings. The van der Waals surface area contributed by atoms with Gasteiger partial charge in [-0.05, 0) is 45.7 Å². The van der Waals surface area contributed by atoms with Crippen molar-refractivity contribution < 1.29 is 0 Å². The van der Waals surface area contributed by atoms with Crippen molar-refractivity contribution in [2.75, 3.05) is 19.6 Å². The van der Waals surface area contributed by atoms with Gasteiger partial charge in [-0.1, -0.05) is 18.6 Å². The molecule has 2 fully saturated rings. The number of likely N-dealkylation sites (tertiary alicyclic amines) is 1. The lowest BCUT2D eigenvalue weighted by molar-refractivity contribution is 0.134. The van der Waals surface area contributed by atoms with Crippen LogP contribution in [0.3, 0.4) is 0 Å². The third-order valence-electron chi connectivity index (χ3n) is 3.80. The average molecular weight is 208 g/mol. The fourth-order valence-electron chi connectivity index (χ4n) is 2.98. The van der Waals surface area contributed by atoms with E-state index in [4.69, 9.17) is 0 Å². The Labute approximate surface area is 93.7 Å². The number of nitrogens with zero attached hydrogens (tertiary/aromatic N) is 1. The van der Waals surface area contributed by atoms with E-state index >= 15 is 0 Å². The van der Waals surface area contributed by atoms with Crippen LogP contribution < -0.4 is 5.32 Å². The summed E-state index contributed by atoms with van der Waals surface area (Å²) in [5, 5.41) is 3.67. The Hall–Kier alpha value is -0.340. The molecule has 0 aliphatic carbocycles. The summed E-state index contributed by atoms with van der Waals surface area (Å²) < 4.78 is 0. The molecule has 15 heavy (non-hydrogen) atoms. The van der Waals surface area contributed by atoms with E-state index in [0.29, 0.717) is 0 Å². The molecule has 0 bridgehead atoms. The predicted octanol–water partition coefficient (Wildman–Crippen LogP) is 2.17. The van der Waals surface area contributed by atoms with Crippen molar-refractivity contribution in [3.05, 3.63) is 12.2 Å². The Morgan fingerprint density at radius 3 is 2.93 bits per heavy atom. The van der Waals surface area contributed by atoms with Gasteiger partial charge in [-0.25, -0.2) is 0 Å². The molecular weight excluding hydrogens is 184 g/mol. The van der Waals surface area contributed by atoms with Gasteiger partial charge in [0.15, 0.2) is 0 Å². The summed E-state index contributed by atoms with van der Waals surface area (Å²) in [5.41, 5.74) is 0. The van der Waals surface area contributed by atoms with E-state index in [0.717, 1.165) is 18.6 Å². The van der Waals surface area contributed by atoms with Crippen molar-refractivity contribution >= 4 is 0 Å². The molecule has 2 heterocycles. The highest BCUT2D eigenvalue weighted by Gasteiger charge is 2.30. The van der Waals surface area contributed by atoms with Gasteiger partial charge in [-0.15, -0.1) is 0 Å². The monoisotopic (exact) mass is 208 g/mol. The first-order valence-electron chi connectivity index (χ1n) is 6.50. The van der Waals surface area contributed by atoms with Gasteiger partial charge in [0.25, 0.3) is 0 Å². The van der Waals surface area contributed by atoms with Gasteiger partial charge in [-0.2, -0.15) is 0 Å². The van der Waals surface area contributed by atoms with Crippen LogP contribution in [0.2, 0.25) is 0 Å². The quantitative estimate of drug-likeness (QED) is 0.715. The first-order valence-corrected chi connectivity index (χ1v) is 6.50. The highest BCUT2D eigenvalue weighted by atomic mass is 15.2. The number of piperidine rings is 1. The van der Waals surface area contributed by atoms with Crippen molar-refractivity contribution in [3.63, 3.8) is 0 Å². The largest absolute Gasteiger partial charge is 0.312 e. The molecule has 0 aromatic heterocycles. The molecular formula is C13H24N2. The second-order valence-electron chi connectivity index (χ2n) is 4.83. The van der Waals surface area contributed by atoms with E-state index in [1.165, 1.54) is 45.2 Å². The fraction of sp³-hybridized carbons (Fsp3) is 0.846. The molecule has 0 amide bonds. The lowest BCUT2D eigenvalue weighted by Crippen LogP contribution is -2.50. The summed E-state index contributed by atoms with van der Waals surface area (Å²) in [6, 6.07) is 1.58. The molecule has 2 atom stereocenters. The summed E-state index contributed by atoms with van der Waals surface area (Å²) in [6.07, 6.45) is 11.4. The second kappa shape index (κ2) is 5.66. The van der Waals surface area contributed by atoms with Crippen LogP contribution in [0.4, 0.5) is 0 Å². The van der Waals surface area contributed by atoms with Gasteiger partial charge in [0, 0.05) is 18.6 Å². The Kier molecular flexibility index (Phi) is 4.21. The van der Waals surface area contributed by atoms with Gasteiger partial charge in [-0.3, -0.25) is 4.90 Å². The molecule has 2 rings (SSSR count). The molecule has 0 radical (unpaired) electrons. The van der Waals surface area contributed by atoms with Gasteiger partial charge in [0.2, 0.25) is 0 Å². The zero-order chi connectivity index (χ0) is 10.5. The van der Waals surface area contributed by atoms with Crippen LogP contribution in [-0.2, 0) is 0 Å². The van der Waals surface area contributed by atoms with E-state index < -0.39 is 0 Å². The minimum Gasteiger partial charge on any atom is -0.312 e. The van der Waals surface area contributed by atoms with Crippen molar-refractivity contribution in [1.82, 2.24) is 10.2 Å².